The predicted molar refractivity (Wildman–Crippen MR) is 81.4 cm³/mol. The van der Waals surface area contributed by atoms with Gasteiger partial charge in [0.25, 0.3) is 0 Å². The van der Waals surface area contributed by atoms with Crippen molar-refractivity contribution in [3.63, 3.8) is 0 Å². The maximum absolute atomic E-state index is 6.09. The van der Waals surface area contributed by atoms with Gasteiger partial charge in [0.2, 0.25) is 0 Å². The van der Waals surface area contributed by atoms with Crippen LogP contribution in [0.1, 0.15) is 52.0 Å². The highest BCUT2D eigenvalue weighted by Gasteiger charge is 2.16. The summed E-state index contributed by atoms with van der Waals surface area (Å²) in [6, 6.07) is 8.29. The first-order valence-corrected chi connectivity index (χ1v) is 7.26. The molecule has 0 aromatic heterocycles. The van der Waals surface area contributed by atoms with Gasteiger partial charge in [0.1, 0.15) is 0 Å². The summed E-state index contributed by atoms with van der Waals surface area (Å²) in [7, 11) is 0. The molecule has 0 heterocycles. The van der Waals surface area contributed by atoms with Crippen LogP contribution in [0.5, 0.6) is 0 Å². The zero-order valence-corrected chi connectivity index (χ0v) is 12.8. The monoisotopic (exact) mass is 267 g/mol. The molecule has 0 saturated heterocycles. The first-order valence-electron chi connectivity index (χ1n) is 6.88. The summed E-state index contributed by atoms with van der Waals surface area (Å²) in [6.45, 7) is 11.1. The maximum Gasteiger partial charge on any atom is 0.0408 e. The molecule has 2 heteroatoms. The third-order valence-electron chi connectivity index (χ3n) is 3.20. The van der Waals surface area contributed by atoms with Crippen molar-refractivity contribution in [2.75, 3.05) is 13.1 Å². The number of rotatable bonds is 6. The Morgan fingerprint density at radius 3 is 2.56 bits per heavy atom. The Morgan fingerprint density at radius 2 is 2.00 bits per heavy atom. The van der Waals surface area contributed by atoms with E-state index in [1.54, 1.807) is 0 Å². The molecule has 1 aromatic rings. The molecule has 1 nitrogen and oxygen atoms in total. The molecular weight excluding hydrogens is 242 g/mol. The van der Waals surface area contributed by atoms with Crippen LogP contribution in [0.4, 0.5) is 0 Å². The Balaban J connectivity index is 2.71. The number of hydrogen-bond acceptors (Lipinski definition) is 1. The van der Waals surface area contributed by atoms with Crippen molar-refractivity contribution in [2.45, 2.75) is 46.5 Å². The summed E-state index contributed by atoms with van der Waals surface area (Å²) < 4.78 is 0. The van der Waals surface area contributed by atoms with Gasteiger partial charge in [-0.3, -0.25) is 0 Å². The number of hydrogen-bond donors (Lipinski definition) is 1. The lowest BCUT2D eigenvalue weighted by atomic mass is 9.84. The number of likely N-dealkylation sites (N-methyl/N-ethyl adjacent to an activating group) is 1. The molecule has 1 unspecified atom stereocenters. The van der Waals surface area contributed by atoms with Crippen LogP contribution in [0.25, 0.3) is 0 Å². The SMILES string of the molecule is CCNCC(CCC(C)(C)C)c1cccc(Cl)c1. The summed E-state index contributed by atoms with van der Waals surface area (Å²) in [4.78, 5) is 0. The van der Waals surface area contributed by atoms with E-state index >= 15 is 0 Å². The average Bonchev–Trinajstić information content (AvgIpc) is 2.28. The zero-order valence-electron chi connectivity index (χ0n) is 12.1. The highest BCUT2D eigenvalue weighted by Crippen LogP contribution is 2.29. The van der Waals surface area contributed by atoms with E-state index in [4.69, 9.17) is 11.6 Å². The van der Waals surface area contributed by atoms with E-state index in [2.05, 4.69) is 45.1 Å². The molecule has 102 valence electrons. The van der Waals surface area contributed by atoms with Crippen LogP contribution in [0.15, 0.2) is 24.3 Å². The smallest absolute Gasteiger partial charge is 0.0408 e. The van der Waals surface area contributed by atoms with Gasteiger partial charge >= 0.3 is 0 Å². The van der Waals surface area contributed by atoms with Gasteiger partial charge in [0, 0.05) is 11.6 Å². The van der Waals surface area contributed by atoms with Gasteiger partial charge < -0.3 is 5.32 Å². The lowest BCUT2D eigenvalue weighted by molar-refractivity contribution is 0.345. The second kappa shape index (κ2) is 7.16. The molecule has 1 rings (SSSR count). The summed E-state index contributed by atoms with van der Waals surface area (Å²) in [5.74, 6) is 0.558. The lowest BCUT2D eigenvalue weighted by Gasteiger charge is -2.24. The fraction of sp³-hybridized carbons (Fsp3) is 0.625. The van der Waals surface area contributed by atoms with Gasteiger partial charge in [-0.15, -0.1) is 0 Å². The van der Waals surface area contributed by atoms with Crippen LogP contribution in [0.3, 0.4) is 0 Å². The third-order valence-corrected chi connectivity index (χ3v) is 3.44. The molecule has 0 aliphatic heterocycles. The van der Waals surface area contributed by atoms with E-state index in [1.807, 2.05) is 12.1 Å². The largest absolute Gasteiger partial charge is 0.316 e. The first kappa shape index (κ1) is 15.5. The summed E-state index contributed by atoms with van der Waals surface area (Å²) in [5.41, 5.74) is 1.75. The van der Waals surface area contributed by atoms with Gasteiger partial charge in [0.15, 0.2) is 0 Å². The highest BCUT2D eigenvalue weighted by molar-refractivity contribution is 6.30. The van der Waals surface area contributed by atoms with Crippen molar-refractivity contribution in [3.05, 3.63) is 34.9 Å². The molecule has 0 spiro atoms. The van der Waals surface area contributed by atoms with Crippen LogP contribution < -0.4 is 5.32 Å². The standard InChI is InChI=1S/C16H26ClN/c1-5-18-12-14(9-10-16(2,3)4)13-7-6-8-15(17)11-13/h6-8,11,14,18H,5,9-10,12H2,1-4H3. The molecular formula is C16H26ClN. The van der Waals surface area contributed by atoms with Gasteiger partial charge in [-0.2, -0.15) is 0 Å². The van der Waals surface area contributed by atoms with E-state index in [0.717, 1.165) is 18.1 Å². The Kier molecular flexibility index (Phi) is 6.17. The van der Waals surface area contributed by atoms with Gasteiger partial charge in [-0.05, 0) is 48.4 Å². The maximum atomic E-state index is 6.09. The van der Waals surface area contributed by atoms with Crippen LogP contribution in [0, 0.1) is 5.41 Å². The van der Waals surface area contributed by atoms with E-state index in [-0.39, 0.29) is 0 Å². The first-order chi connectivity index (χ1) is 8.42. The van der Waals surface area contributed by atoms with Crippen LogP contribution in [-0.2, 0) is 0 Å². The average molecular weight is 268 g/mol. The Labute approximate surface area is 117 Å². The Hall–Kier alpha value is -0.530. The zero-order chi connectivity index (χ0) is 13.6. The fourth-order valence-electron chi connectivity index (χ4n) is 2.07. The number of nitrogens with one attached hydrogen (secondary N) is 1. The van der Waals surface area contributed by atoms with Crippen molar-refractivity contribution in [3.8, 4) is 0 Å². The minimum Gasteiger partial charge on any atom is -0.316 e. The molecule has 0 saturated carbocycles. The molecule has 18 heavy (non-hydrogen) atoms. The van der Waals surface area contributed by atoms with Crippen LogP contribution in [0.2, 0.25) is 5.02 Å². The molecule has 1 atom stereocenters. The van der Waals surface area contributed by atoms with Crippen molar-refractivity contribution >= 4 is 11.6 Å². The minimum absolute atomic E-state index is 0.392. The molecule has 0 radical (unpaired) electrons. The predicted octanol–water partition coefficient (Wildman–Crippen LogP) is 4.86. The van der Waals surface area contributed by atoms with Crippen LogP contribution in [-0.4, -0.2) is 13.1 Å². The Morgan fingerprint density at radius 1 is 1.28 bits per heavy atom. The fourth-order valence-corrected chi connectivity index (χ4v) is 2.27. The topological polar surface area (TPSA) is 12.0 Å². The van der Waals surface area contributed by atoms with E-state index in [1.165, 1.54) is 18.4 Å². The summed E-state index contributed by atoms with van der Waals surface area (Å²) in [5, 5.41) is 4.30. The van der Waals surface area contributed by atoms with Crippen molar-refractivity contribution in [1.29, 1.82) is 0 Å². The van der Waals surface area contributed by atoms with Gasteiger partial charge in [-0.1, -0.05) is 51.4 Å². The second-order valence-electron chi connectivity index (χ2n) is 6.16. The number of halogens is 1. The van der Waals surface area contributed by atoms with E-state index < -0.39 is 0 Å². The lowest BCUT2D eigenvalue weighted by Crippen LogP contribution is -2.22. The van der Waals surface area contributed by atoms with Crippen molar-refractivity contribution in [2.24, 2.45) is 5.41 Å². The van der Waals surface area contributed by atoms with E-state index in [9.17, 15) is 0 Å². The molecule has 1 N–H and O–H groups in total. The molecule has 0 aliphatic rings. The van der Waals surface area contributed by atoms with Crippen molar-refractivity contribution < 1.29 is 0 Å². The number of benzene rings is 1. The Bertz CT molecular complexity index is 354. The molecule has 0 amide bonds. The molecule has 0 fully saturated rings. The minimum atomic E-state index is 0.392. The molecule has 0 aliphatic carbocycles. The molecule has 1 aromatic carbocycles. The van der Waals surface area contributed by atoms with Gasteiger partial charge in [0.05, 0.1) is 0 Å². The van der Waals surface area contributed by atoms with Gasteiger partial charge in [-0.25, -0.2) is 0 Å². The highest BCUT2D eigenvalue weighted by atomic mass is 35.5. The summed E-state index contributed by atoms with van der Waals surface area (Å²) >= 11 is 6.09. The van der Waals surface area contributed by atoms with Crippen LogP contribution >= 0.6 is 11.6 Å². The van der Waals surface area contributed by atoms with E-state index in [0.29, 0.717) is 11.3 Å². The third kappa shape index (κ3) is 5.88. The summed E-state index contributed by atoms with van der Waals surface area (Å²) in [6.07, 6.45) is 2.44. The second-order valence-corrected chi connectivity index (χ2v) is 6.60. The molecule has 0 bridgehead atoms. The van der Waals surface area contributed by atoms with Crippen molar-refractivity contribution in [1.82, 2.24) is 5.32 Å². The quantitative estimate of drug-likeness (QED) is 0.776. The normalized spacial score (nSPS) is 13.6.